The Bertz CT molecular complexity index is 1170. The van der Waals surface area contributed by atoms with Crippen molar-refractivity contribution < 1.29 is 9.53 Å². The summed E-state index contributed by atoms with van der Waals surface area (Å²) in [6.45, 7) is 2.15. The van der Waals surface area contributed by atoms with Crippen LogP contribution in [0.25, 0.3) is 21.8 Å². The summed E-state index contributed by atoms with van der Waals surface area (Å²) < 4.78 is 7.30. The van der Waals surface area contributed by atoms with E-state index in [1.165, 1.54) is 0 Å². The normalized spacial score (nSPS) is 11.7. The third kappa shape index (κ3) is 3.98. The fourth-order valence-electron chi connectivity index (χ4n) is 2.88. The smallest absolute Gasteiger partial charge is 0.277 e. The summed E-state index contributed by atoms with van der Waals surface area (Å²) >= 11 is 0. The topological polar surface area (TPSA) is 81.4 Å². The van der Waals surface area contributed by atoms with Crippen LogP contribution in [0.4, 0.5) is 0 Å². The highest BCUT2D eigenvalue weighted by Gasteiger charge is 2.06. The van der Waals surface area contributed by atoms with Crippen LogP contribution in [0.3, 0.4) is 0 Å². The number of aromatic nitrogens is 3. The van der Waals surface area contributed by atoms with Gasteiger partial charge < -0.3 is 4.74 Å². The zero-order valence-electron chi connectivity index (χ0n) is 15.4. The molecule has 4 rings (SSSR count). The van der Waals surface area contributed by atoms with Crippen molar-refractivity contribution in [3.8, 4) is 5.75 Å². The Labute approximate surface area is 161 Å². The van der Waals surface area contributed by atoms with Gasteiger partial charge in [-0.05, 0) is 42.0 Å². The van der Waals surface area contributed by atoms with Crippen LogP contribution in [0.1, 0.15) is 6.92 Å². The molecule has 1 heterocycles. The molecule has 0 aliphatic heterocycles. The highest BCUT2D eigenvalue weighted by Crippen LogP contribution is 2.20. The minimum Gasteiger partial charge on any atom is -0.484 e. The number of benzene rings is 3. The fraction of sp³-hybridized carbons (Fsp3) is 0.143. The molecule has 0 radical (unpaired) electrons. The van der Waals surface area contributed by atoms with E-state index in [0.29, 0.717) is 18.0 Å². The number of ether oxygens (including phenoxy) is 1. The Kier molecular flexibility index (Phi) is 4.97. The van der Waals surface area contributed by atoms with E-state index in [4.69, 9.17) is 4.74 Å². The summed E-state index contributed by atoms with van der Waals surface area (Å²) in [5.74, 6) is 0.319. The Morgan fingerprint density at radius 1 is 1.07 bits per heavy atom. The molecule has 1 aromatic heterocycles. The number of para-hydroxylation sites is 1. The largest absolute Gasteiger partial charge is 0.484 e. The van der Waals surface area contributed by atoms with Crippen molar-refractivity contribution in [3.63, 3.8) is 0 Å². The van der Waals surface area contributed by atoms with Crippen LogP contribution in [0.2, 0.25) is 0 Å². The molecule has 4 aromatic rings. The minimum atomic E-state index is -0.323. The second-order valence-electron chi connectivity index (χ2n) is 6.42. The molecule has 0 aliphatic rings. The third-order valence-corrected chi connectivity index (χ3v) is 4.26. The first-order valence-corrected chi connectivity index (χ1v) is 8.91. The van der Waals surface area contributed by atoms with E-state index in [2.05, 4.69) is 20.8 Å². The molecule has 140 valence electrons. The van der Waals surface area contributed by atoms with Gasteiger partial charge in [0.25, 0.3) is 5.91 Å². The molecule has 7 nitrogen and oxygen atoms in total. The summed E-state index contributed by atoms with van der Waals surface area (Å²) in [7, 11) is 0. The zero-order valence-corrected chi connectivity index (χ0v) is 15.4. The van der Waals surface area contributed by atoms with Crippen molar-refractivity contribution in [2.75, 3.05) is 6.61 Å². The van der Waals surface area contributed by atoms with Crippen LogP contribution in [-0.4, -0.2) is 33.2 Å². The first kappa shape index (κ1) is 17.7. The fourth-order valence-corrected chi connectivity index (χ4v) is 2.88. The molecule has 0 bridgehead atoms. The Balaban J connectivity index is 1.32. The van der Waals surface area contributed by atoms with E-state index in [-0.39, 0.29) is 12.5 Å². The van der Waals surface area contributed by atoms with Crippen molar-refractivity contribution in [1.29, 1.82) is 0 Å². The van der Waals surface area contributed by atoms with Gasteiger partial charge in [-0.15, -0.1) is 5.10 Å². The van der Waals surface area contributed by atoms with Gasteiger partial charge in [0.15, 0.2) is 6.61 Å². The SMILES string of the molecule is C/C(Cn1nnc2ccccc21)=N/NC(=O)COc1ccc2ccccc2c1. The highest BCUT2D eigenvalue weighted by atomic mass is 16.5. The van der Waals surface area contributed by atoms with Crippen LogP contribution in [0.15, 0.2) is 71.8 Å². The number of nitrogens with one attached hydrogen (secondary N) is 1. The van der Waals surface area contributed by atoms with Crippen LogP contribution in [0, 0.1) is 0 Å². The number of hydrogen-bond acceptors (Lipinski definition) is 5. The number of hydrazone groups is 1. The number of amides is 1. The van der Waals surface area contributed by atoms with E-state index >= 15 is 0 Å². The second-order valence-corrected chi connectivity index (χ2v) is 6.42. The first-order valence-electron chi connectivity index (χ1n) is 8.91. The number of fused-ring (bicyclic) bond motifs is 2. The number of rotatable bonds is 6. The molecule has 0 atom stereocenters. The molecule has 0 spiro atoms. The van der Waals surface area contributed by atoms with Gasteiger partial charge in [0.1, 0.15) is 11.3 Å². The van der Waals surface area contributed by atoms with E-state index in [9.17, 15) is 4.79 Å². The average molecular weight is 373 g/mol. The first-order chi connectivity index (χ1) is 13.7. The summed E-state index contributed by atoms with van der Waals surface area (Å²) in [6, 6.07) is 21.4. The molecule has 28 heavy (non-hydrogen) atoms. The van der Waals surface area contributed by atoms with E-state index < -0.39 is 0 Å². The van der Waals surface area contributed by atoms with Gasteiger partial charge in [0, 0.05) is 0 Å². The van der Waals surface area contributed by atoms with Crippen LogP contribution in [-0.2, 0) is 11.3 Å². The van der Waals surface area contributed by atoms with Crippen molar-refractivity contribution in [3.05, 3.63) is 66.7 Å². The Hall–Kier alpha value is -3.74. The molecular weight excluding hydrogens is 354 g/mol. The molecule has 7 heteroatoms. The average Bonchev–Trinajstić information content (AvgIpc) is 3.13. The van der Waals surface area contributed by atoms with E-state index in [1.54, 1.807) is 4.68 Å². The zero-order chi connectivity index (χ0) is 19.3. The van der Waals surface area contributed by atoms with Gasteiger partial charge in [-0.3, -0.25) is 4.79 Å². The van der Waals surface area contributed by atoms with Gasteiger partial charge in [0.05, 0.1) is 17.8 Å². The van der Waals surface area contributed by atoms with Crippen LogP contribution in [0.5, 0.6) is 5.75 Å². The molecule has 1 amide bonds. The van der Waals surface area contributed by atoms with Gasteiger partial charge in [-0.1, -0.05) is 47.7 Å². The maximum absolute atomic E-state index is 12.0. The lowest BCUT2D eigenvalue weighted by Crippen LogP contribution is -2.26. The molecule has 0 unspecified atom stereocenters. The lowest BCUT2D eigenvalue weighted by atomic mass is 10.1. The van der Waals surface area contributed by atoms with Gasteiger partial charge in [0.2, 0.25) is 0 Å². The number of carbonyl (C=O) groups excluding carboxylic acids is 1. The van der Waals surface area contributed by atoms with E-state index in [0.717, 1.165) is 21.8 Å². The lowest BCUT2D eigenvalue weighted by Gasteiger charge is -2.07. The molecule has 0 saturated carbocycles. The van der Waals surface area contributed by atoms with Crippen molar-refractivity contribution in [2.45, 2.75) is 13.5 Å². The standard InChI is InChI=1S/C21H19N5O2/c1-15(13-26-20-9-5-4-8-19(20)23-25-26)22-24-21(27)14-28-18-11-10-16-6-2-3-7-17(16)12-18/h2-12H,13-14H2,1H3,(H,24,27)/b22-15-. The quantitative estimate of drug-likeness (QED) is 0.416. The monoisotopic (exact) mass is 373 g/mol. The molecule has 0 aliphatic carbocycles. The third-order valence-electron chi connectivity index (χ3n) is 4.26. The second kappa shape index (κ2) is 7.87. The van der Waals surface area contributed by atoms with Gasteiger partial charge in [-0.25, -0.2) is 10.1 Å². The Morgan fingerprint density at radius 3 is 2.75 bits per heavy atom. The highest BCUT2D eigenvalue weighted by molar-refractivity contribution is 5.86. The van der Waals surface area contributed by atoms with Crippen LogP contribution >= 0.6 is 0 Å². The van der Waals surface area contributed by atoms with Gasteiger partial charge >= 0.3 is 0 Å². The Morgan fingerprint density at radius 2 is 1.86 bits per heavy atom. The maximum Gasteiger partial charge on any atom is 0.277 e. The summed E-state index contributed by atoms with van der Waals surface area (Å²) in [5, 5.41) is 14.5. The molecule has 0 saturated heterocycles. The lowest BCUT2D eigenvalue weighted by molar-refractivity contribution is -0.123. The van der Waals surface area contributed by atoms with Crippen LogP contribution < -0.4 is 10.2 Å². The maximum atomic E-state index is 12.0. The number of hydrogen-bond donors (Lipinski definition) is 1. The predicted octanol–water partition coefficient (Wildman–Crippen LogP) is 3.16. The summed E-state index contributed by atoms with van der Waals surface area (Å²) in [4.78, 5) is 12.0. The summed E-state index contributed by atoms with van der Waals surface area (Å²) in [5.41, 5.74) is 4.96. The molecule has 3 aromatic carbocycles. The van der Waals surface area contributed by atoms with Crippen molar-refractivity contribution in [1.82, 2.24) is 20.4 Å². The van der Waals surface area contributed by atoms with Crippen molar-refractivity contribution in [2.24, 2.45) is 5.10 Å². The molecular formula is C21H19N5O2. The van der Waals surface area contributed by atoms with Gasteiger partial charge in [-0.2, -0.15) is 5.10 Å². The molecule has 1 N–H and O–H groups in total. The minimum absolute atomic E-state index is 0.110. The number of nitrogens with zero attached hydrogens (tertiary/aromatic N) is 4. The number of carbonyl (C=O) groups is 1. The molecule has 0 fully saturated rings. The van der Waals surface area contributed by atoms with E-state index in [1.807, 2.05) is 73.7 Å². The predicted molar refractivity (Wildman–Crippen MR) is 108 cm³/mol. The summed E-state index contributed by atoms with van der Waals surface area (Å²) in [6.07, 6.45) is 0. The van der Waals surface area contributed by atoms with Crippen molar-refractivity contribution >= 4 is 33.4 Å².